The van der Waals surface area contributed by atoms with Gasteiger partial charge in [0, 0.05) is 38.3 Å². The van der Waals surface area contributed by atoms with Crippen LogP contribution in [0, 0.1) is 0 Å². The topological polar surface area (TPSA) is 52.8 Å². The van der Waals surface area contributed by atoms with Crippen LogP contribution < -0.4 is 5.73 Å². The summed E-state index contributed by atoms with van der Waals surface area (Å²) in [5.41, 5.74) is 6.02. The third-order valence-electron chi connectivity index (χ3n) is 4.17. The van der Waals surface area contributed by atoms with Crippen LogP contribution in [0.15, 0.2) is 0 Å². The van der Waals surface area contributed by atoms with Gasteiger partial charge in [-0.15, -0.1) is 0 Å². The summed E-state index contributed by atoms with van der Waals surface area (Å²) in [6.07, 6.45) is 2.89. The Hall–Kier alpha value is -0.810. The molecular formula is C13H26N4O. The van der Waals surface area contributed by atoms with E-state index in [1.807, 2.05) is 9.80 Å². The number of carbonyl (C=O) groups is 1. The summed E-state index contributed by atoms with van der Waals surface area (Å²) >= 11 is 0. The van der Waals surface area contributed by atoms with E-state index in [1.54, 1.807) is 0 Å². The molecule has 0 radical (unpaired) electrons. The molecule has 18 heavy (non-hydrogen) atoms. The number of amides is 2. The smallest absolute Gasteiger partial charge is 0.320 e. The van der Waals surface area contributed by atoms with Crippen LogP contribution >= 0.6 is 0 Å². The van der Waals surface area contributed by atoms with Gasteiger partial charge < -0.3 is 20.4 Å². The molecule has 2 fully saturated rings. The summed E-state index contributed by atoms with van der Waals surface area (Å²) in [6.45, 7) is 7.50. The Morgan fingerprint density at radius 2 is 1.61 bits per heavy atom. The van der Waals surface area contributed by atoms with E-state index in [4.69, 9.17) is 5.73 Å². The number of hydrogen-bond donors (Lipinski definition) is 1. The summed E-state index contributed by atoms with van der Waals surface area (Å²) in [4.78, 5) is 18.7. The van der Waals surface area contributed by atoms with Crippen molar-refractivity contribution in [1.82, 2.24) is 14.7 Å². The molecule has 0 saturated carbocycles. The van der Waals surface area contributed by atoms with Crippen LogP contribution in [0.1, 0.15) is 26.2 Å². The monoisotopic (exact) mass is 254 g/mol. The fourth-order valence-corrected chi connectivity index (χ4v) is 2.65. The molecule has 0 unspecified atom stereocenters. The van der Waals surface area contributed by atoms with Crippen molar-refractivity contribution < 1.29 is 4.79 Å². The predicted molar refractivity (Wildman–Crippen MR) is 72.5 cm³/mol. The van der Waals surface area contributed by atoms with Gasteiger partial charge in [0.15, 0.2) is 0 Å². The van der Waals surface area contributed by atoms with Gasteiger partial charge in [0.05, 0.1) is 0 Å². The number of hydrogen-bond acceptors (Lipinski definition) is 3. The largest absolute Gasteiger partial charge is 0.325 e. The lowest BCUT2D eigenvalue weighted by Crippen LogP contribution is -2.53. The standard InChI is InChI=1S/C13H26N4O/c1-13(14)4-8-17(9-5-13)12(18)16-7-3-6-15(2)10-11-16/h3-11,14H2,1-2H3. The van der Waals surface area contributed by atoms with Crippen molar-refractivity contribution in [3.05, 3.63) is 0 Å². The van der Waals surface area contributed by atoms with E-state index in [9.17, 15) is 4.79 Å². The third kappa shape index (κ3) is 3.36. The molecule has 2 aliphatic rings. The highest BCUT2D eigenvalue weighted by Gasteiger charge is 2.30. The first kappa shape index (κ1) is 13.6. The molecule has 0 atom stereocenters. The highest BCUT2D eigenvalue weighted by molar-refractivity contribution is 5.74. The van der Waals surface area contributed by atoms with Crippen molar-refractivity contribution in [2.75, 3.05) is 46.3 Å². The Morgan fingerprint density at radius 1 is 1.00 bits per heavy atom. The maximum atomic E-state index is 12.4. The number of likely N-dealkylation sites (tertiary alicyclic amines) is 1. The number of nitrogens with zero attached hydrogens (tertiary/aromatic N) is 3. The van der Waals surface area contributed by atoms with Crippen LogP contribution in [-0.4, -0.2) is 72.6 Å². The Labute approximate surface area is 110 Å². The van der Waals surface area contributed by atoms with Gasteiger partial charge in [-0.25, -0.2) is 4.79 Å². The van der Waals surface area contributed by atoms with Crippen molar-refractivity contribution in [3.8, 4) is 0 Å². The molecule has 2 heterocycles. The highest BCUT2D eigenvalue weighted by atomic mass is 16.2. The van der Waals surface area contributed by atoms with Crippen LogP contribution in [0.25, 0.3) is 0 Å². The molecule has 2 aliphatic heterocycles. The summed E-state index contributed by atoms with van der Waals surface area (Å²) < 4.78 is 0. The number of nitrogens with two attached hydrogens (primary N) is 1. The molecule has 0 aliphatic carbocycles. The zero-order valence-corrected chi connectivity index (χ0v) is 11.7. The molecule has 2 saturated heterocycles. The second-order valence-electron chi connectivity index (χ2n) is 6.07. The van der Waals surface area contributed by atoms with Crippen molar-refractivity contribution in [3.63, 3.8) is 0 Å². The molecule has 2 amide bonds. The summed E-state index contributed by atoms with van der Waals surface area (Å²) in [5.74, 6) is 0. The molecule has 5 nitrogen and oxygen atoms in total. The van der Waals surface area contributed by atoms with Crippen LogP contribution in [0.5, 0.6) is 0 Å². The van der Waals surface area contributed by atoms with Crippen LogP contribution in [0.4, 0.5) is 4.79 Å². The molecule has 0 bridgehead atoms. The Kier molecular flexibility index (Phi) is 4.12. The van der Waals surface area contributed by atoms with E-state index < -0.39 is 0 Å². The molecule has 0 aromatic rings. The van der Waals surface area contributed by atoms with E-state index >= 15 is 0 Å². The first-order valence-corrected chi connectivity index (χ1v) is 6.99. The Bertz CT molecular complexity index is 295. The van der Waals surface area contributed by atoms with Gasteiger partial charge in [-0.05, 0) is 39.8 Å². The van der Waals surface area contributed by atoms with Gasteiger partial charge >= 0.3 is 6.03 Å². The van der Waals surface area contributed by atoms with Crippen LogP contribution in [0.2, 0.25) is 0 Å². The number of likely N-dealkylation sites (N-methyl/N-ethyl adjacent to an activating group) is 1. The van der Waals surface area contributed by atoms with Gasteiger partial charge in [-0.3, -0.25) is 0 Å². The van der Waals surface area contributed by atoms with Crippen molar-refractivity contribution in [1.29, 1.82) is 0 Å². The number of carbonyl (C=O) groups excluding carboxylic acids is 1. The van der Waals surface area contributed by atoms with E-state index in [2.05, 4.69) is 18.9 Å². The number of piperidine rings is 1. The average Bonchev–Trinajstić information content (AvgIpc) is 2.53. The van der Waals surface area contributed by atoms with Crippen LogP contribution in [-0.2, 0) is 0 Å². The fraction of sp³-hybridized carbons (Fsp3) is 0.923. The van der Waals surface area contributed by atoms with E-state index in [0.29, 0.717) is 0 Å². The summed E-state index contributed by atoms with van der Waals surface area (Å²) in [6, 6.07) is 0.209. The third-order valence-corrected chi connectivity index (χ3v) is 4.17. The minimum Gasteiger partial charge on any atom is -0.325 e. The lowest BCUT2D eigenvalue weighted by atomic mass is 9.91. The maximum absolute atomic E-state index is 12.4. The van der Waals surface area contributed by atoms with Crippen molar-refractivity contribution in [2.24, 2.45) is 5.73 Å². The molecule has 104 valence electrons. The first-order valence-electron chi connectivity index (χ1n) is 6.99. The lowest BCUT2D eigenvalue weighted by molar-refractivity contribution is 0.130. The van der Waals surface area contributed by atoms with E-state index in [-0.39, 0.29) is 11.6 Å². The highest BCUT2D eigenvalue weighted by Crippen LogP contribution is 2.20. The van der Waals surface area contributed by atoms with Gasteiger partial charge in [0.2, 0.25) is 0 Å². The molecule has 0 spiro atoms. The van der Waals surface area contributed by atoms with Crippen molar-refractivity contribution in [2.45, 2.75) is 31.7 Å². The lowest BCUT2D eigenvalue weighted by Gasteiger charge is -2.38. The second kappa shape index (κ2) is 5.45. The second-order valence-corrected chi connectivity index (χ2v) is 6.07. The van der Waals surface area contributed by atoms with Gasteiger partial charge in [-0.2, -0.15) is 0 Å². The Balaban J connectivity index is 1.87. The van der Waals surface area contributed by atoms with E-state index in [1.165, 1.54) is 0 Å². The van der Waals surface area contributed by atoms with Crippen LogP contribution in [0.3, 0.4) is 0 Å². The van der Waals surface area contributed by atoms with E-state index in [0.717, 1.165) is 58.5 Å². The molecular weight excluding hydrogens is 228 g/mol. The van der Waals surface area contributed by atoms with Gasteiger partial charge in [0.1, 0.15) is 0 Å². The number of rotatable bonds is 0. The Morgan fingerprint density at radius 3 is 2.28 bits per heavy atom. The predicted octanol–water partition coefficient (Wildman–Crippen LogP) is 0.557. The fourth-order valence-electron chi connectivity index (χ4n) is 2.65. The SMILES string of the molecule is CN1CCCN(C(=O)N2CCC(C)(N)CC2)CC1. The number of urea groups is 1. The molecule has 2 rings (SSSR count). The summed E-state index contributed by atoms with van der Waals surface area (Å²) in [5, 5.41) is 0. The quantitative estimate of drug-likeness (QED) is 0.687. The zero-order chi connectivity index (χ0) is 13.2. The molecule has 0 aromatic heterocycles. The maximum Gasteiger partial charge on any atom is 0.320 e. The summed E-state index contributed by atoms with van der Waals surface area (Å²) in [7, 11) is 2.12. The minimum absolute atomic E-state index is 0.0875. The molecule has 5 heteroatoms. The normalized spacial score (nSPS) is 25.9. The average molecular weight is 254 g/mol. The molecule has 2 N–H and O–H groups in total. The van der Waals surface area contributed by atoms with Gasteiger partial charge in [0.25, 0.3) is 0 Å². The van der Waals surface area contributed by atoms with Gasteiger partial charge in [-0.1, -0.05) is 0 Å². The first-order chi connectivity index (χ1) is 8.48. The van der Waals surface area contributed by atoms with Crippen molar-refractivity contribution >= 4 is 6.03 Å². The zero-order valence-electron chi connectivity index (χ0n) is 11.7. The molecule has 0 aromatic carbocycles. The minimum atomic E-state index is -0.0875.